The third kappa shape index (κ3) is 3.05. The SMILES string of the molecule is COc1cnc(NCC(=O)N2CCCC2)nc1. The van der Waals surface area contributed by atoms with E-state index in [-0.39, 0.29) is 12.5 Å². The zero-order valence-electron chi connectivity index (χ0n) is 9.85. The molecule has 0 aliphatic carbocycles. The predicted octanol–water partition coefficient (Wildman–Crippen LogP) is 0.519. The van der Waals surface area contributed by atoms with Gasteiger partial charge in [-0.1, -0.05) is 0 Å². The summed E-state index contributed by atoms with van der Waals surface area (Å²) >= 11 is 0. The fourth-order valence-electron chi connectivity index (χ4n) is 1.75. The monoisotopic (exact) mass is 236 g/mol. The lowest BCUT2D eigenvalue weighted by Gasteiger charge is -2.15. The maximum atomic E-state index is 11.7. The number of amides is 1. The molecule has 1 N–H and O–H groups in total. The largest absolute Gasteiger partial charge is 0.494 e. The normalized spacial score (nSPS) is 14.8. The molecule has 1 aromatic rings. The third-order valence-corrected chi connectivity index (χ3v) is 2.72. The van der Waals surface area contributed by atoms with Gasteiger partial charge in [-0.15, -0.1) is 0 Å². The van der Waals surface area contributed by atoms with Crippen molar-refractivity contribution in [1.29, 1.82) is 0 Å². The van der Waals surface area contributed by atoms with Crippen molar-refractivity contribution in [2.45, 2.75) is 12.8 Å². The standard InChI is InChI=1S/C11H16N4O2/c1-17-9-6-12-11(13-7-9)14-8-10(16)15-4-2-3-5-15/h6-7H,2-5,8H2,1H3,(H,12,13,14). The molecule has 0 bridgehead atoms. The van der Waals surface area contributed by atoms with Gasteiger partial charge in [-0.2, -0.15) is 0 Å². The molecule has 1 saturated heterocycles. The molecule has 0 spiro atoms. The second-order valence-corrected chi connectivity index (χ2v) is 3.89. The number of ether oxygens (including phenoxy) is 1. The second-order valence-electron chi connectivity index (χ2n) is 3.89. The van der Waals surface area contributed by atoms with E-state index in [2.05, 4.69) is 15.3 Å². The van der Waals surface area contributed by atoms with Gasteiger partial charge in [0.15, 0.2) is 5.75 Å². The lowest BCUT2D eigenvalue weighted by molar-refractivity contribution is -0.128. The number of hydrogen-bond donors (Lipinski definition) is 1. The molecule has 0 atom stereocenters. The van der Waals surface area contributed by atoms with E-state index < -0.39 is 0 Å². The molecule has 1 fully saturated rings. The highest BCUT2D eigenvalue weighted by atomic mass is 16.5. The maximum Gasteiger partial charge on any atom is 0.241 e. The summed E-state index contributed by atoms with van der Waals surface area (Å²) in [7, 11) is 1.56. The van der Waals surface area contributed by atoms with Crippen LogP contribution in [0.4, 0.5) is 5.95 Å². The number of nitrogens with one attached hydrogen (secondary N) is 1. The fourth-order valence-corrected chi connectivity index (χ4v) is 1.75. The molecule has 0 aromatic carbocycles. The summed E-state index contributed by atoms with van der Waals surface area (Å²) in [5.41, 5.74) is 0. The van der Waals surface area contributed by atoms with Crippen LogP contribution in [0.1, 0.15) is 12.8 Å². The summed E-state index contributed by atoms with van der Waals surface area (Å²) in [5, 5.41) is 2.90. The number of nitrogens with zero attached hydrogens (tertiary/aromatic N) is 3. The molecule has 0 radical (unpaired) electrons. The van der Waals surface area contributed by atoms with E-state index in [9.17, 15) is 4.79 Å². The topological polar surface area (TPSA) is 67.3 Å². The summed E-state index contributed by atoms with van der Waals surface area (Å²) < 4.78 is 4.95. The van der Waals surface area contributed by atoms with Gasteiger partial charge in [0.1, 0.15) is 0 Å². The Balaban J connectivity index is 1.82. The number of likely N-dealkylation sites (tertiary alicyclic amines) is 1. The summed E-state index contributed by atoms with van der Waals surface area (Å²) in [6, 6.07) is 0. The van der Waals surface area contributed by atoms with E-state index in [0.717, 1.165) is 25.9 Å². The van der Waals surface area contributed by atoms with E-state index >= 15 is 0 Å². The summed E-state index contributed by atoms with van der Waals surface area (Å²) in [6.07, 6.45) is 5.33. The Kier molecular flexibility index (Phi) is 3.74. The van der Waals surface area contributed by atoms with Gasteiger partial charge >= 0.3 is 0 Å². The molecule has 0 saturated carbocycles. The average Bonchev–Trinajstić information content (AvgIpc) is 2.90. The molecule has 0 unspecified atom stereocenters. The van der Waals surface area contributed by atoms with Gasteiger partial charge in [-0.05, 0) is 12.8 Å². The maximum absolute atomic E-state index is 11.7. The molecule has 17 heavy (non-hydrogen) atoms. The fraction of sp³-hybridized carbons (Fsp3) is 0.545. The highest BCUT2D eigenvalue weighted by Gasteiger charge is 2.17. The molecular weight excluding hydrogens is 220 g/mol. The second kappa shape index (κ2) is 5.47. The van der Waals surface area contributed by atoms with Crippen LogP contribution in [-0.4, -0.2) is 47.5 Å². The Morgan fingerprint density at radius 3 is 2.65 bits per heavy atom. The van der Waals surface area contributed by atoms with E-state index in [1.54, 1.807) is 19.5 Å². The van der Waals surface area contributed by atoms with Gasteiger partial charge in [0.25, 0.3) is 0 Å². The van der Waals surface area contributed by atoms with E-state index in [0.29, 0.717) is 11.7 Å². The number of methoxy groups -OCH3 is 1. The first-order valence-corrected chi connectivity index (χ1v) is 5.67. The summed E-state index contributed by atoms with van der Waals surface area (Å²) in [6.45, 7) is 1.97. The Hall–Kier alpha value is -1.85. The summed E-state index contributed by atoms with van der Waals surface area (Å²) in [4.78, 5) is 21.6. The van der Waals surface area contributed by atoms with Crippen LogP contribution in [0.3, 0.4) is 0 Å². The average molecular weight is 236 g/mol. The zero-order chi connectivity index (χ0) is 12.1. The van der Waals surface area contributed by atoms with Crippen molar-refractivity contribution in [3.8, 4) is 5.75 Å². The van der Waals surface area contributed by atoms with Crippen molar-refractivity contribution < 1.29 is 9.53 Å². The van der Waals surface area contributed by atoms with Gasteiger partial charge in [-0.25, -0.2) is 9.97 Å². The Morgan fingerprint density at radius 2 is 2.06 bits per heavy atom. The van der Waals surface area contributed by atoms with Gasteiger partial charge < -0.3 is 15.0 Å². The molecule has 2 heterocycles. The first-order chi connectivity index (χ1) is 8.29. The Bertz CT molecular complexity index is 374. The van der Waals surface area contributed by atoms with Crippen molar-refractivity contribution in [1.82, 2.24) is 14.9 Å². The molecule has 1 aliphatic rings. The first-order valence-electron chi connectivity index (χ1n) is 5.67. The minimum absolute atomic E-state index is 0.0990. The van der Waals surface area contributed by atoms with E-state index in [4.69, 9.17) is 4.74 Å². The molecule has 92 valence electrons. The molecule has 1 amide bonds. The van der Waals surface area contributed by atoms with Gasteiger partial charge in [-0.3, -0.25) is 4.79 Å². The zero-order valence-corrected chi connectivity index (χ0v) is 9.85. The minimum Gasteiger partial charge on any atom is -0.494 e. The van der Waals surface area contributed by atoms with Crippen LogP contribution in [0.15, 0.2) is 12.4 Å². The predicted molar refractivity (Wildman–Crippen MR) is 62.9 cm³/mol. The molecule has 2 rings (SSSR count). The number of aromatic nitrogens is 2. The summed E-state index contributed by atoms with van der Waals surface area (Å²) in [5.74, 6) is 1.14. The lowest BCUT2D eigenvalue weighted by Crippen LogP contribution is -2.33. The highest BCUT2D eigenvalue weighted by molar-refractivity contribution is 5.80. The molecule has 6 nitrogen and oxygen atoms in total. The van der Waals surface area contributed by atoms with Crippen molar-refractivity contribution >= 4 is 11.9 Å². The quantitative estimate of drug-likeness (QED) is 0.825. The van der Waals surface area contributed by atoms with Crippen LogP contribution in [0.25, 0.3) is 0 Å². The molecule has 6 heteroatoms. The van der Waals surface area contributed by atoms with E-state index in [1.165, 1.54) is 0 Å². The molecular formula is C11H16N4O2. The minimum atomic E-state index is 0.0990. The van der Waals surface area contributed by atoms with Crippen molar-refractivity contribution in [3.05, 3.63) is 12.4 Å². The third-order valence-electron chi connectivity index (χ3n) is 2.72. The van der Waals surface area contributed by atoms with E-state index in [1.807, 2.05) is 4.90 Å². The lowest BCUT2D eigenvalue weighted by atomic mass is 10.4. The van der Waals surface area contributed by atoms with Crippen LogP contribution >= 0.6 is 0 Å². The van der Waals surface area contributed by atoms with Crippen molar-refractivity contribution in [2.75, 3.05) is 32.1 Å². The van der Waals surface area contributed by atoms with Gasteiger partial charge in [0.05, 0.1) is 26.0 Å². The number of hydrogen-bond acceptors (Lipinski definition) is 5. The number of anilines is 1. The first kappa shape index (κ1) is 11.6. The molecule has 1 aromatic heterocycles. The van der Waals surface area contributed by atoms with Crippen molar-refractivity contribution in [2.24, 2.45) is 0 Å². The van der Waals surface area contributed by atoms with Crippen LogP contribution in [-0.2, 0) is 4.79 Å². The highest BCUT2D eigenvalue weighted by Crippen LogP contribution is 2.09. The molecule has 1 aliphatic heterocycles. The van der Waals surface area contributed by atoms with Crippen LogP contribution < -0.4 is 10.1 Å². The van der Waals surface area contributed by atoms with Crippen LogP contribution in [0.2, 0.25) is 0 Å². The Morgan fingerprint density at radius 1 is 1.41 bits per heavy atom. The Labute approximate surface area is 100 Å². The number of carbonyl (C=O) groups excluding carboxylic acids is 1. The van der Waals surface area contributed by atoms with Crippen LogP contribution in [0, 0.1) is 0 Å². The van der Waals surface area contributed by atoms with Crippen molar-refractivity contribution in [3.63, 3.8) is 0 Å². The number of carbonyl (C=O) groups is 1. The smallest absolute Gasteiger partial charge is 0.241 e. The number of rotatable bonds is 4. The van der Waals surface area contributed by atoms with Gasteiger partial charge in [0.2, 0.25) is 11.9 Å². The van der Waals surface area contributed by atoms with Gasteiger partial charge in [0, 0.05) is 13.1 Å². The van der Waals surface area contributed by atoms with Crippen LogP contribution in [0.5, 0.6) is 5.75 Å².